The lowest BCUT2D eigenvalue weighted by molar-refractivity contribution is 0.0904. The lowest BCUT2D eigenvalue weighted by Gasteiger charge is -2.10. The molecule has 14 heavy (non-hydrogen) atoms. The van der Waals surface area contributed by atoms with Crippen LogP contribution in [-0.4, -0.2) is 12.5 Å². The van der Waals surface area contributed by atoms with Crippen molar-refractivity contribution >= 4 is 11.3 Å². The lowest BCUT2D eigenvalue weighted by Crippen LogP contribution is -2.25. The van der Waals surface area contributed by atoms with Crippen LogP contribution in [0.5, 0.6) is 0 Å². The van der Waals surface area contributed by atoms with Crippen LogP contribution < -0.4 is 5.73 Å². The van der Waals surface area contributed by atoms with Crippen LogP contribution in [0.2, 0.25) is 0 Å². The van der Waals surface area contributed by atoms with Gasteiger partial charge in [0.1, 0.15) is 10.9 Å². The normalized spacial score (nSPS) is 28.4. The number of nitriles is 1. The molecule has 1 atom stereocenters. The monoisotopic (exact) mass is 214 g/mol. The molecule has 1 heterocycles. The van der Waals surface area contributed by atoms with Gasteiger partial charge in [-0.15, -0.1) is 11.3 Å². The summed E-state index contributed by atoms with van der Waals surface area (Å²) >= 11 is 1.11. The molecule has 74 valence electrons. The second-order valence-corrected chi connectivity index (χ2v) is 4.53. The highest BCUT2D eigenvalue weighted by molar-refractivity contribution is 7.12. The van der Waals surface area contributed by atoms with Crippen LogP contribution in [0.15, 0.2) is 12.1 Å². The predicted octanol–water partition coefficient (Wildman–Crippen LogP) is 1.86. The van der Waals surface area contributed by atoms with E-state index in [0.717, 1.165) is 11.3 Å². The largest absolute Gasteiger partial charge is 0.329 e. The third-order valence-electron chi connectivity index (χ3n) is 2.64. The number of alkyl halides is 2. The van der Waals surface area contributed by atoms with E-state index in [1.54, 1.807) is 12.1 Å². The summed E-state index contributed by atoms with van der Waals surface area (Å²) < 4.78 is 26.2. The van der Waals surface area contributed by atoms with Gasteiger partial charge >= 0.3 is 0 Å². The molecule has 0 amide bonds. The number of rotatable bonds is 2. The van der Waals surface area contributed by atoms with Crippen molar-refractivity contribution in [2.45, 2.75) is 17.8 Å². The van der Waals surface area contributed by atoms with Crippen LogP contribution in [0.3, 0.4) is 0 Å². The van der Waals surface area contributed by atoms with Crippen LogP contribution in [0.1, 0.15) is 16.2 Å². The fourth-order valence-corrected chi connectivity index (χ4v) is 2.63. The minimum absolute atomic E-state index is 0.0641. The molecule has 1 aromatic heterocycles. The van der Waals surface area contributed by atoms with Gasteiger partial charge in [-0.25, -0.2) is 8.78 Å². The summed E-state index contributed by atoms with van der Waals surface area (Å²) in [5, 5.41) is 8.58. The molecule has 1 aliphatic carbocycles. The quantitative estimate of drug-likeness (QED) is 0.816. The standard InChI is InChI=1S/C9H8F2N2S/c10-9(11)4-8(9,5-13)7-2-1-6(3-12)14-7/h1-2H,4-5,13H2. The Labute approximate surface area is 84.0 Å². The summed E-state index contributed by atoms with van der Waals surface area (Å²) in [4.78, 5) is 0.983. The van der Waals surface area contributed by atoms with Crippen LogP contribution in [0.25, 0.3) is 0 Å². The Morgan fingerprint density at radius 1 is 1.57 bits per heavy atom. The Morgan fingerprint density at radius 3 is 2.57 bits per heavy atom. The van der Waals surface area contributed by atoms with Crippen molar-refractivity contribution in [2.24, 2.45) is 5.73 Å². The SMILES string of the molecule is N#Cc1ccc(C2(CN)CC2(F)F)s1. The molecule has 0 aromatic carbocycles. The van der Waals surface area contributed by atoms with Crippen molar-refractivity contribution in [3.8, 4) is 6.07 Å². The minimum Gasteiger partial charge on any atom is -0.329 e. The molecule has 2 N–H and O–H groups in total. The van der Waals surface area contributed by atoms with Crippen LogP contribution >= 0.6 is 11.3 Å². The van der Waals surface area contributed by atoms with Gasteiger partial charge in [-0.1, -0.05) is 0 Å². The molecule has 0 spiro atoms. The van der Waals surface area contributed by atoms with E-state index in [-0.39, 0.29) is 13.0 Å². The Hall–Kier alpha value is -0.990. The summed E-state index contributed by atoms with van der Waals surface area (Å²) in [7, 11) is 0. The summed E-state index contributed by atoms with van der Waals surface area (Å²) in [6, 6.07) is 5.07. The summed E-state index contributed by atoms with van der Waals surface area (Å²) in [5.41, 5.74) is 4.18. The van der Waals surface area contributed by atoms with Gasteiger partial charge in [-0.2, -0.15) is 5.26 Å². The van der Waals surface area contributed by atoms with Crippen molar-refractivity contribution in [1.29, 1.82) is 5.26 Å². The van der Waals surface area contributed by atoms with E-state index < -0.39 is 11.3 Å². The van der Waals surface area contributed by atoms with Crippen LogP contribution in [-0.2, 0) is 5.41 Å². The zero-order valence-electron chi connectivity index (χ0n) is 7.26. The molecule has 1 fully saturated rings. The van der Waals surface area contributed by atoms with Crippen molar-refractivity contribution in [2.75, 3.05) is 6.54 Å². The van der Waals surface area contributed by atoms with E-state index in [4.69, 9.17) is 11.0 Å². The first-order valence-electron chi connectivity index (χ1n) is 4.14. The maximum Gasteiger partial charge on any atom is 0.261 e. The molecule has 0 saturated heterocycles. The Bertz CT molecular complexity index is 407. The molecule has 5 heteroatoms. The average molecular weight is 214 g/mol. The highest BCUT2D eigenvalue weighted by atomic mass is 32.1. The summed E-state index contributed by atoms with van der Waals surface area (Å²) in [6.45, 7) is -0.0641. The van der Waals surface area contributed by atoms with E-state index >= 15 is 0 Å². The number of hydrogen-bond donors (Lipinski definition) is 1. The Morgan fingerprint density at radius 2 is 2.21 bits per heavy atom. The highest BCUT2D eigenvalue weighted by Gasteiger charge is 2.71. The van der Waals surface area contributed by atoms with Crippen LogP contribution in [0.4, 0.5) is 8.78 Å². The number of thiophene rings is 1. The number of nitrogens with zero attached hydrogens (tertiary/aromatic N) is 1. The lowest BCUT2D eigenvalue weighted by atomic mass is 10.1. The van der Waals surface area contributed by atoms with Crippen molar-refractivity contribution < 1.29 is 8.78 Å². The van der Waals surface area contributed by atoms with Gasteiger partial charge in [0.15, 0.2) is 0 Å². The predicted molar refractivity (Wildman–Crippen MR) is 49.3 cm³/mol. The third-order valence-corrected chi connectivity index (χ3v) is 3.83. The van der Waals surface area contributed by atoms with E-state index in [2.05, 4.69) is 0 Å². The number of nitrogens with two attached hydrogens (primary N) is 1. The number of halogens is 2. The molecule has 0 radical (unpaired) electrons. The maximum absolute atomic E-state index is 13.1. The molecule has 0 aliphatic heterocycles. The molecule has 1 unspecified atom stereocenters. The van der Waals surface area contributed by atoms with Gasteiger partial charge in [0, 0.05) is 17.8 Å². The molecule has 0 bridgehead atoms. The zero-order chi connectivity index (χ0) is 10.4. The summed E-state index contributed by atoms with van der Waals surface area (Å²) in [6.07, 6.45) is -0.193. The molecule has 1 aliphatic rings. The fraction of sp³-hybridized carbons (Fsp3) is 0.444. The third kappa shape index (κ3) is 1.08. The second-order valence-electron chi connectivity index (χ2n) is 3.44. The average Bonchev–Trinajstić information content (AvgIpc) is 2.57. The zero-order valence-corrected chi connectivity index (χ0v) is 8.07. The van der Waals surface area contributed by atoms with E-state index in [1.807, 2.05) is 6.07 Å². The maximum atomic E-state index is 13.1. The van der Waals surface area contributed by atoms with Gasteiger partial charge in [0.05, 0.1) is 5.41 Å². The topological polar surface area (TPSA) is 49.8 Å². The van der Waals surface area contributed by atoms with Gasteiger partial charge in [0.25, 0.3) is 5.92 Å². The van der Waals surface area contributed by atoms with Crippen LogP contribution in [0, 0.1) is 11.3 Å². The van der Waals surface area contributed by atoms with Crippen molar-refractivity contribution in [1.82, 2.24) is 0 Å². The second kappa shape index (κ2) is 2.75. The number of hydrogen-bond acceptors (Lipinski definition) is 3. The molecular weight excluding hydrogens is 206 g/mol. The molecule has 2 nitrogen and oxygen atoms in total. The van der Waals surface area contributed by atoms with Gasteiger partial charge in [-0.3, -0.25) is 0 Å². The first kappa shape index (κ1) is 9.56. The van der Waals surface area contributed by atoms with E-state index in [1.165, 1.54) is 0 Å². The fourth-order valence-electron chi connectivity index (χ4n) is 1.58. The first-order valence-corrected chi connectivity index (χ1v) is 4.96. The molecule has 2 rings (SSSR count). The van der Waals surface area contributed by atoms with Gasteiger partial charge < -0.3 is 5.73 Å². The van der Waals surface area contributed by atoms with Crippen molar-refractivity contribution in [3.63, 3.8) is 0 Å². The molecule has 1 aromatic rings. The highest BCUT2D eigenvalue weighted by Crippen LogP contribution is 2.62. The van der Waals surface area contributed by atoms with Crippen molar-refractivity contribution in [3.05, 3.63) is 21.9 Å². The van der Waals surface area contributed by atoms with Gasteiger partial charge in [-0.05, 0) is 12.1 Å². The smallest absolute Gasteiger partial charge is 0.261 e. The Balaban J connectivity index is 2.36. The Kier molecular flexibility index (Phi) is 1.88. The first-order chi connectivity index (χ1) is 6.55. The van der Waals surface area contributed by atoms with E-state index in [9.17, 15) is 8.78 Å². The minimum atomic E-state index is -2.70. The summed E-state index contributed by atoms with van der Waals surface area (Å²) in [5.74, 6) is -2.70. The van der Waals surface area contributed by atoms with E-state index in [0.29, 0.717) is 9.75 Å². The molecule has 1 saturated carbocycles. The van der Waals surface area contributed by atoms with Gasteiger partial charge in [0.2, 0.25) is 0 Å². The molecular formula is C9H8F2N2S.